The number of hydrogen-bond acceptors (Lipinski definition) is 3. The van der Waals surface area contributed by atoms with Crippen LogP contribution in [0.4, 0.5) is 0 Å². The number of aryl methyl sites for hydroxylation is 1. The van der Waals surface area contributed by atoms with E-state index in [-0.39, 0.29) is 0 Å². The van der Waals surface area contributed by atoms with Crippen molar-refractivity contribution in [2.75, 3.05) is 0 Å². The first kappa shape index (κ1) is 15.6. The van der Waals surface area contributed by atoms with Crippen molar-refractivity contribution in [3.05, 3.63) is 59.2 Å². The number of benzene rings is 2. The number of rotatable bonds is 5. The van der Waals surface area contributed by atoms with Gasteiger partial charge in [0.25, 0.3) is 0 Å². The summed E-state index contributed by atoms with van der Waals surface area (Å²) in [6.45, 7) is 6.92. The van der Waals surface area contributed by atoms with Crippen molar-refractivity contribution in [2.45, 2.75) is 33.3 Å². The molecule has 2 aromatic carbocycles. The predicted molar refractivity (Wildman–Crippen MR) is 85.9 cm³/mol. The fourth-order valence-electron chi connectivity index (χ4n) is 2.34. The quantitative estimate of drug-likeness (QED) is 0.829. The molecule has 0 bridgehead atoms. The average Bonchev–Trinajstić information content (AvgIpc) is 2.45. The van der Waals surface area contributed by atoms with Crippen LogP contribution < -0.4 is 10.2 Å². The Balaban J connectivity index is 2.01. The van der Waals surface area contributed by atoms with E-state index in [1.54, 1.807) is 12.1 Å². The molecule has 0 amide bonds. The molecule has 0 aliphatic carbocycles. The van der Waals surface area contributed by atoms with Crippen molar-refractivity contribution in [1.29, 1.82) is 0 Å². The molecule has 0 aliphatic heterocycles. The molecule has 0 saturated heterocycles. The molecular weight excluding hydrogens is 263 g/mol. The SMILES string of the molecule is Cc1cc(OCc2ccc(B(O)O)cc2)ccc1C(C)C. The highest BCUT2D eigenvalue weighted by molar-refractivity contribution is 6.58. The monoisotopic (exact) mass is 284 g/mol. The first-order valence-electron chi connectivity index (χ1n) is 7.15. The lowest BCUT2D eigenvalue weighted by atomic mass is 9.80. The Hall–Kier alpha value is -1.78. The highest BCUT2D eigenvalue weighted by Gasteiger charge is 2.10. The molecular formula is C17H21BO3. The van der Waals surface area contributed by atoms with Gasteiger partial charge in [-0.3, -0.25) is 0 Å². The first-order valence-corrected chi connectivity index (χ1v) is 7.15. The second-order valence-electron chi connectivity index (χ2n) is 5.58. The maximum Gasteiger partial charge on any atom is 0.488 e. The lowest BCUT2D eigenvalue weighted by Crippen LogP contribution is -2.29. The fraction of sp³-hybridized carbons (Fsp3) is 0.294. The van der Waals surface area contributed by atoms with Gasteiger partial charge >= 0.3 is 7.12 Å². The predicted octanol–water partition coefficient (Wildman–Crippen LogP) is 2.38. The van der Waals surface area contributed by atoms with Gasteiger partial charge in [-0.1, -0.05) is 44.2 Å². The molecule has 0 radical (unpaired) electrons. The second-order valence-corrected chi connectivity index (χ2v) is 5.58. The topological polar surface area (TPSA) is 49.7 Å². The zero-order valence-corrected chi connectivity index (χ0v) is 12.7. The molecule has 0 aromatic heterocycles. The minimum atomic E-state index is -1.42. The Kier molecular flexibility index (Phi) is 5.05. The third kappa shape index (κ3) is 4.10. The van der Waals surface area contributed by atoms with Gasteiger partial charge < -0.3 is 14.8 Å². The minimum Gasteiger partial charge on any atom is -0.489 e. The zero-order chi connectivity index (χ0) is 15.4. The van der Waals surface area contributed by atoms with Crippen LogP contribution in [0.25, 0.3) is 0 Å². The molecule has 2 aromatic rings. The maximum absolute atomic E-state index is 9.05. The van der Waals surface area contributed by atoms with E-state index >= 15 is 0 Å². The fourth-order valence-corrected chi connectivity index (χ4v) is 2.34. The van der Waals surface area contributed by atoms with Gasteiger partial charge in [-0.15, -0.1) is 0 Å². The van der Waals surface area contributed by atoms with E-state index < -0.39 is 7.12 Å². The van der Waals surface area contributed by atoms with Crippen LogP contribution in [0, 0.1) is 6.92 Å². The summed E-state index contributed by atoms with van der Waals surface area (Å²) in [4.78, 5) is 0. The highest BCUT2D eigenvalue weighted by atomic mass is 16.5. The lowest BCUT2D eigenvalue weighted by Gasteiger charge is -2.12. The molecule has 0 aliphatic rings. The molecule has 2 N–H and O–H groups in total. The van der Waals surface area contributed by atoms with Crippen LogP contribution >= 0.6 is 0 Å². The summed E-state index contributed by atoms with van der Waals surface area (Å²) in [7, 11) is -1.42. The van der Waals surface area contributed by atoms with Crippen LogP contribution in [-0.2, 0) is 6.61 Å². The van der Waals surface area contributed by atoms with Gasteiger partial charge in [-0.2, -0.15) is 0 Å². The van der Waals surface area contributed by atoms with E-state index in [4.69, 9.17) is 14.8 Å². The molecule has 0 spiro atoms. The summed E-state index contributed by atoms with van der Waals surface area (Å²) in [5.41, 5.74) is 4.05. The number of ether oxygens (including phenoxy) is 1. The van der Waals surface area contributed by atoms with E-state index in [2.05, 4.69) is 32.9 Å². The molecule has 110 valence electrons. The standard InChI is InChI=1S/C17H21BO3/c1-12(2)17-9-8-16(10-13(17)3)21-11-14-4-6-15(7-5-14)18(19)20/h4-10,12,19-20H,11H2,1-3H3. The van der Waals surface area contributed by atoms with E-state index in [0.29, 0.717) is 18.0 Å². The van der Waals surface area contributed by atoms with Crippen LogP contribution in [0.2, 0.25) is 0 Å². The molecule has 0 fully saturated rings. The van der Waals surface area contributed by atoms with Gasteiger partial charge in [-0.05, 0) is 47.1 Å². The smallest absolute Gasteiger partial charge is 0.488 e. The largest absolute Gasteiger partial charge is 0.489 e. The van der Waals surface area contributed by atoms with Gasteiger partial charge in [0.1, 0.15) is 12.4 Å². The molecule has 0 heterocycles. The maximum atomic E-state index is 9.05. The van der Waals surface area contributed by atoms with Gasteiger partial charge in [0.15, 0.2) is 0 Å². The van der Waals surface area contributed by atoms with E-state index in [1.807, 2.05) is 18.2 Å². The van der Waals surface area contributed by atoms with Crippen LogP contribution in [0.3, 0.4) is 0 Å². The lowest BCUT2D eigenvalue weighted by molar-refractivity contribution is 0.306. The van der Waals surface area contributed by atoms with Crippen molar-refractivity contribution in [2.24, 2.45) is 0 Å². The van der Waals surface area contributed by atoms with Crippen molar-refractivity contribution in [3.63, 3.8) is 0 Å². The first-order chi connectivity index (χ1) is 9.97. The van der Waals surface area contributed by atoms with E-state index in [0.717, 1.165) is 11.3 Å². The van der Waals surface area contributed by atoms with Gasteiger partial charge in [-0.25, -0.2) is 0 Å². The van der Waals surface area contributed by atoms with Crippen LogP contribution in [0.5, 0.6) is 5.75 Å². The summed E-state index contributed by atoms with van der Waals surface area (Å²) in [5, 5.41) is 18.1. The number of hydrogen-bond donors (Lipinski definition) is 2. The Labute approximate surface area is 126 Å². The molecule has 0 saturated carbocycles. The third-order valence-corrected chi connectivity index (χ3v) is 3.55. The normalized spacial score (nSPS) is 10.8. The summed E-state index contributed by atoms with van der Waals surface area (Å²) in [6.07, 6.45) is 0. The molecule has 4 heteroatoms. The van der Waals surface area contributed by atoms with Crippen LogP contribution in [-0.4, -0.2) is 17.2 Å². The van der Waals surface area contributed by atoms with Gasteiger partial charge in [0, 0.05) is 0 Å². The minimum absolute atomic E-state index is 0.461. The Morgan fingerprint density at radius 3 is 2.24 bits per heavy atom. The molecule has 0 unspecified atom stereocenters. The summed E-state index contributed by atoms with van der Waals surface area (Å²) in [6, 6.07) is 13.2. The Morgan fingerprint density at radius 2 is 1.71 bits per heavy atom. The van der Waals surface area contributed by atoms with E-state index in [1.165, 1.54) is 11.1 Å². The van der Waals surface area contributed by atoms with Crippen molar-refractivity contribution in [3.8, 4) is 5.75 Å². The Morgan fingerprint density at radius 1 is 1.05 bits per heavy atom. The Bertz CT molecular complexity index is 591. The molecule has 2 rings (SSSR count). The van der Waals surface area contributed by atoms with Gasteiger partial charge in [0.2, 0.25) is 0 Å². The molecule has 21 heavy (non-hydrogen) atoms. The van der Waals surface area contributed by atoms with Crippen molar-refractivity contribution in [1.82, 2.24) is 0 Å². The molecule has 0 atom stereocenters. The third-order valence-electron chi connectivity index (χ3n) is 3.55. The van der Waals surface area contributed by atoms with E-state index in [9.17, 15) is 0 Å². The average molecular weight is 284 g/mol. The summed E-state index contributed by atoms with van der Waals surface area (Å²) >= 11 is 0. The highest BCUT2D eigenvalue weighted by Crippen LogP contribution is 2.23. The zero-order valence-electron chi connectivity index (χ0n) is 12.7. The van der Waals surface area contributed by atoms with Crippen LogP contribution in [0.15, 0.2) is 42.5 Å². The molecule has 3 nitrogen and oxygen atoms in total. The van der Waals surface area contributed by atoms with Gasteiger partial charge in [0.05, 0.1) is 0 Å². The summed E-state index contributed by atoms with van der Waals surface area (Å²) < 4.78 is 5.78. The van der Waals surface area contributed by atoms with Crippen LogP contribution in [0.1, 0.15) is 36.5 Å². The van der Waals surface area contributed by atoms with Crippen molar-refractivity contribution < 1.29 is 14.8 Å². The summed E-state index contributed by atoms with van der Waals surface area (Å²) in [5.74, 6) is 1.36. The second kappa shape index (κ2) is 6.79. The van der Waals surface area contributed by atoms with Crippen molar-refractivity contribution >= 4 is 12.6 Å².